The second kappa shape index (κ2) is 9.63. The van der Waals surface area contributed by atoms with E-state index in [4.69, 9.17) is 20.0 Å². The van der Waals surface area contributed by atoms with Crippen LogP contribution in [0.25, 0.3) is 22.3 Å². The second-order valence-electron chi connectivity index (χ2n) is 6.96. The van der Waals surface area contributed by atoms with Gasteiger partial charge in [-0.2, -0.15) is 5.26 Å². The maximum Gasteiger partial charge on any atom is 0.162 e. The molecule has 1 aliphatic heterocycles. The number of hydrogen-bond acceptors (Lipinski definition) is 7. The highest BCUT2D eigenvalue weighted by Gasteiger charge is 2.10. The van der Waals surface area contributed by atoms with Gasteiger partial charge in [0.25, 0.3) is 0 Å². The third-order valence-electron chi connectivity index (χ3n) is 4.82. The molecule has 4 rings (SSSR count). The van der Waals surface area contributed by atoms with E-state index in [1.165, 1.54) is 0 Å². The largest absolute Gasteiger partial charge is 0.494 e. The van der Waals surface area contributed by atoms with Crippen molar-refractivity contribution in [3.63, 3.8) is 0 Å². The number of dihydropyridines is 1. The lowest BCUT2D eigenvalue weighted by atomic mass is 10.1. The first-order valence-electron chi connectivity index (χ1n) is 10.3. The van der Waals surface area contributed by atoms with Crippen molar-refractivity contribution in [2.45, 2.75) is 6.92 Å². The van der Waals surface area contributed by atoms with Crippen molar-refractivity contribution in [2.24, 2.45) is 0 Å². The van der Waals surface area contributed by atoms with Gasteiger partial charge < -0.3 is 20.7 Å². The zero-order chi connectivity index (χ0) is 21.5. The summed E-state index contributed by atoms with van der Waals surface area (Å²) in [5.41, 5.74) is 2.55. The summed E-state index contributed by atoms with van der Waals surface area (Å²) in [7, 11) is 0. The smallest absolute Gasteiger partial charge is 0.162 e. The number of benzene rings is 2. The van der Waals surface area contributed by atoms with E-state index in [-0.39, 0.29) is 0 Å². The Hall–Kier alpha value is -4.05. The van der Waals surface area contributed by atoms with Gasteiger partial charge in [0.1, 0.15) is 11.6 Å². The zero-order valence-electron chi connectivity index (χ0n) is 17.4. The van der Waals surface area contributed by atoms with E-state index in [0.29, 0.717) is 32.1 Å². The van der Waals surface area contributed by atoms with Crippen LogP contribution in [0.3, 0.4) is 0 Å². The fourth-order valence-electron chi connectivity index (χ4n) is 3.28. The SMILES string of the molecule is CCOc1ccc(-c2nc(NCCNC3=CC=C(C#N)CN3)c3ccccc3n2)cc1. The van der Waals surface area contributed by atoms with Crippen molar-refractivity contribution in [3.8, 4) is 23.2 Å². The molecule has 0 radical (unpaired) electrons. The molecule has 2 aromatic carbocycles. The van der Waals surface area contributed by atoms with E-state index in [1.807, 2.05) is 67.6 Å². The van der Waals surface area contributed by atoms with Crippen molar-refractivity contribution in [1.82, 2.24) is 20.6 Å². The Morgan fingerprint density at radius 1 is 1.03 bits per heavy atom. The summed E-state index contributed by atoms with van der Waals surface area (Å²) in [5, 5.41) is 19.8. The minimum Gasteiger partial charge on any atom is -0.494 e. The van der Waals surface area contributed by atoms with Gasteiger partial charge in [-0.25, -0.2) is 9.97 Å². The van der Waals surface area contributed by atoms with Gasteiger partial charge in [0, 0.05) is 29.6 Å². The van der Waals surface area contributed by atoms with Gasteiger partial charge in [-0.1, -0.05) is 12.1 Å². The minimum atomic E-state index is 0.546. The molecule has 1 aromatic heterocycles. The molecule has 0 saturated heterocycles. The van der Waals surface area contributed by atoms with E-state index < -0.39 is 0 Å². The summed E-state index contributed by atoms with van der Waals surface area (Å²) >= 11 is 0. The molecule has 7 heteroatoms. The molecule has 0 aliphatic carbocycles. The molecule has 2 heterocycles. The Kier molecular flexibility index (Phi) is 6.29. The molecule has 156 valence electrons. The molecule has 0 spiro atoms. The highest BCUT2D eigenvalue weighted by Crippen LogP contribution is 2.26. The number of nitrogens with zero attached hydrogens (tertiary/aromatic N) is 3. The number of nitriles is 1. The topological polar surface area (TPSA) is 94.9 Å². The van der Waals surface area contributed by atoms with Crippen LogP contribution in [0.1, 0.15) is 6.92 Å². The number of para-hydroxylation sites is 1. The van der Waals surface area contributed by atoms with Crippen LogP contribution >= 0.6 is 0 Å². The molecule has 31 heavy (non-hydrogen) atoms. The molecule has 7 nitrogen and oxygen atoms in total. The van der Waals surface area contributed by atoms with Gasteiger partial charge in [-0.15, -0.1) is 0 Å². The standard InChI is InChI=1S/C24H24N6O/c1-2-31-19-10-8-18(9-11-19)23-29-21-6-4-3-5-20(21)24(30-23)27-14-13-26-22-12-7-17(15-25)16-28-22/h3-12,26,28H,2,13-14,16H2,1H3,(H,27,29,30). The van der Waals surface area contributed by atoms with Gasteiger partial charge in [0.2, 0.25) is 0 Å². The molecule has 0 unspecified atom stereocenters. The fourth-order valence-corrected chi connectivity index (χ4v) is 3.28. The number of fused-ring (bicyclic) bond motifs is 1. The van der Waals surface area contributed by atoms with Crippen LogP contribution in [0.15, 0.2) is 72.1 Å². The van der Waals surface area contributed by atoms with Gasteiger partial charge >= 0.3 is 0 Å². The van der Waals surface area contributed by atoms with E-state index in [1.54, 1.807) is 0 Å². The first-order chi connectivity index (χ1) is 15.3. The predicted octanol–water partition coefficient (Wildman–Crippen LogP) is 3.59. The van der Waals surface area contributed by atoms with Gasteiger partial charge in [-0.3, -0.25) is 0 Å². The average molecular weight is 412 g/mol. The Morgan fingerprint density at radius 3 is 2.58 bits per heavy atom. The van der Waals surface area contributed by atoms with Crippen LogP contribution in [-0.2, 0) is 0 Å². The molecule has 3 N–H and O–H groups in total. The quantitative estimate of drug-likeness (QED) is 0.487. The number of nitrogens with one attached hydrogen (secondary N) is 3. The molecule has 0 bridgehead atoms. The minimum absolute atomic E-state index is 0.546. The van der Waals surface area contributed by atoms with Crippen LogP contribution in [0.2, 0.25) is 0 Å². The molecule has 0 atom stereocenters. The van der Waals surface area contributed by atoms with Crippen LogP contribution in [0, 0.1) is 11.3 Å². The highest BCUT2D eigenvalue weighted by molar-refractivity contribution is 5.90. The third kappa shape index (κ3) is 4.93. The Bertz CT molecular complexity index is 1160. The molecule has 0 amide bonds. The molecule has 3 aromatic rings. The van der Waals surface area contributed by atoms with Crippen LogP contribution in [-0.4, -0.2) is 36.2 Å². The Balaban J connectivity index is 1.48. The first-order valence-corrected chi connectivity index (χ1v) is 10.3. The Labute approximate surface area is 181 Å². The van der Waals surface area contributed by atoms with Gasteiger partial charge in [0.05, 0.1) is 30.6 Å². The van der Waals surface area contributed by atoms with Crippen molar-refractivity contribution in [2.75, 3.05) is 31.6 Å². The molecule has 0 fully saturated rings. The van der Waals surface area contributed by atoms with Crippen LogP contribution < -0.4 is 20.7 Å². The fraction of sp³-hybridized carbons (Fsp3) is 0.208. The number of hydrogen-bond donors (Lipinski definition) is 3. The van der Waals surface area contributed by atoms with Crippen molar-refractivity contribution < 1.29 is 4.74 Å². The number of rotatable bonds is 8. The zero-order valence-corrected chi connectivity index (χ0v) is 17.4. The van der Waals surface area contributed by atoms with E-state index in [9.17, 15) is 0 Å². The van der Waals surface area contributed by atoms with Crippen LogP contribution in [0.4, 0.5) is 5.82 Å². The Morgan fingerprint density at radius 2 is 1.84 bits per heavy atom. The van der Waals surface area contributed by atoms with E-state index in [2.05, 4.69) is 22.0 Å². The molecule has 1 aliphatic rings. The predicted molar refractivity (Wildman–Crippen MR) is 122 cm³/mol. The van der Waals surface area contributed by atoms with Crippen molar-refractivity contribution >= 4 is 16.7 Å². The second-order valence-corrected chi connectivity index (χ2v) is 6.96. The summed E-state index contributed by atoms with van der Waals surface area (Å²) in [4.78, 5) is 9.52. The maximum absolute atomic E-state index is 8.91. The highest BCUT2D eigenvalue weighted by atomic mass is 16.5. The summed E-state index contributed by atoms with van der Waals surface area (Å²) in [5.74, 6) is 3.21. The number of anilines is 1. The monoisotopic (exact) mass is 412 g/mol. The lowest BCUT2D eigenvalue weighted by molar-refractivity contribution is 0.340. The number of aromatic nitrogens is 2. The molecular weight excluding hydrogens is 388 g/mol. The summed E-state index contributed by atoms with van der Waals surface area (Å²) in [6.07, 6.45) is 3.71. The summed E-state index contributed by atoms with van der Waals surface area (Å²) in [6, 6.07) is 18.0. The van der Waals surface area contributed by atoms with Gasteiger partial charge in [0.15, 0.2) is 5.82 Å². The lowest BCUT2D eigenvalue weighted by Gasteiger charge is -2.16. The van der Waals surface area contributed by atoms with Crippen LogP contribution in [0.5, 0.6) is 5.75 Å². The maximum atomic E-state index is 8.91. The van der Waals surface area contributed by atoms with Gasteiger partial charge in [-0.05, 0) is 55.5 Å². The van der Waals surface area contributed by atoms with Crippen molar-refractivity contribution in [1.29, 1.82) is 5.26 Å². The first kappa shape index (κ1) is 20.2. The summed E-state index contributed by atoms with van der Waals surface area (Å²) < 4.78 is 5.53. The van der Waals surface area contributed by atoms with E-state index >= 15 is 0 Å². The molecule has 0 saturated carbocycles. The van der Waals surface area contributed by atoms with E-state index in [0.717, 1.165) is 39.4 Å². The molecular formula is C24H24N6O. The third-order valence-corrected chi connectivity index (χ3v) is 4.82. The average Bonchev–Trinajstić information content (AvgIpc) is 2.82. The lowest BCUT2D eigenvalue weighted by Crippen LogP contribution is -2.32. The van der Waals surface area contributed by atoms with Crippen molar-refractivity contribution in [3.05, 3.63) is 72.1 Å². The normalized spacial score (nSPS) is 12.9. The number of ether oxygens (including phenoxy) is 1. The number of allylic oxidation sites excluding steroid dienone is 2. The summed E-state index contributed by atoms with van der Waals surface area (Å²) in [6.45, 7) is 4.53.